The van der Waals surface area contributed by atoms with Gasteiger partial charge in [-0.25, -0.2) is 14.4 Å². The van der Waals surface area contributed by atoms with E-state index >= 15 is 0 Å². The van der Waals surface area contributed by atoms with Gasteiger partial charge in [-0.2, -0.15) is 5.10 Å². The van der Waals surface area contributed by atoms with Gasteiger partial charge in [0.05, 0.1) is 17.5 Å². The Hall–Kier alpha value is -2.27. The minimum absolute atomic E-state index is 0.337. The average molecular weight is 274 g/mol. The molecule has 2 heterocycles. The summed E-state index contributed by atoms with van der Waals surface area (Å²) in [7, 11) is 0. The van der Waals surface area contributed by atoms with E-state index in [0.717, 1.165) is 0 Å². The first kappa shape index (κ1) is 11.8. The Morgan fingerprint density at radius 3 is 2.89 bits per heavy atom. The second-order valence-corrected chi connectivity index (χ2v) is 4.23. The summed E-state index contributed by atoms with van der Waals surface area (Å²) in [5.74, 6) is -0.441. The minimum atomic E-state index is -0.441. The number of benzene rings is 1. The van der Waals surface area contributed by atoms with Crippen molar-refractivity contribution in [3.63, 3.8) is 0 Å². The van der Waals surface area contributed by atoms with Crippen molar-refractivity contribution in [2.45, 2.75) is 0 Å². The summed E-state index contributed by atoms with van der Waals surface area (Å²) in [6, 6.07) is 6.14. The topological polar surface area (TPSA) is 54.5 Å². The Morgan fingerprint density at radius 1 is 1.26 bits per heavy atom. The summed E-state index contributed by atoms with van der Waals surface area (Å²) in [6.45, 7) is 0. The largest absolute Gasteiger partial charge is 0.275 e. The van der Waals surface area contributed by atoms with Gasteiger partial charge >= 0.3 is 0 Å². The molecule has 3 rings (SSSR count). The van der Waals surface area contributed by atoms with Crippen molar-refractivity contribution in [1.29, 1.82) is 0 Å². The van der Waals surface area contributed by atoms with Crippen LogP contribution in [-0.2, 0) is 0 Å². The third-order valence-corrected chi connectivity index (χ3v) is 2.84. The zero-order valence-electron chi connectivity index (χ0n) is 9.56. The normalized spacial score (nSPS) is 10.6. The predicted octanol–water partition coefficient (Wildman–Crippen LogP) is 3.13. The molecule has 3 aromatic rings. The van der Waals surface area contributed by atoms with Crippen LogP contribution in [0, 0.1) is 12.0 Å². The first-order chi connectivity index (χ1) is 9.25. The molecule has 0 spiro atoms. The van der Waals surface area contributed by atoms with Gasteiger partial charge in [-0.1, -0.05) is 11.6 Å². The molecule has 0 saturated heterocycles. The Kier molecular flexibility index (Phi) is 2.97. The Morgan fingerprint density at radius 2 is 2.16 bits per heavy atom. The summed E-state index contributed by atoms with van der Waals surface area (Å²) >= 11 is 5.74. The molecule has 0 unspecified atom stereocenters. The highest BCUT2D eigenvalue weighted by atomic mass is 35.5. The molecule has 0 atom stereocenters. The molecule has 0 aliphatic heterocycles. The standard InChI is InChI=1S/C13H7ClFN4/c14-8-1-2-9(11(15)5-8)13-10(6-18-19-13)12-3-4-16-7-17-12/h1-5,7H,(H,18,19). The maximum absolute atomic E-state index is 13.9. The van der Waals surface area contributed by atoms with Gasteiger partial charge < -0.3 is 0 Å². The van der Waals surface area contributed by atoms with Crippen molar-refractivity contribution in [3.8, 4) is 22.5 Å². The first-order valence-electron chi connectivity index (χ1n) is 5.43. The van der Waals surface area contributed by atoms with Gasteiger partial charge in [-0.05, 0) is 24.3 Å². The summed E-state index contributed by atoms with van der Waals surface area (Å²) in [5.41, 5.74) is 1.99. The van der Waals surface area contributed by atoms with Crippen molar-refractivity contribution in [3.05, 3.63) is 53.8 Å². The molecule has 0 saturated carbocycles. The van der Waals surface area contributed by atoms with E-state index in [2.05, 4.69) is 26.4 Å². The van der Waals surface area contributed by atoms with Crippen LogP contribution in [0.5, 0.6) is 0 Å². The second-order valence-electron chi connectivity index (χ2n) is 3.79. The van der Waals surface area contributed by atoms with Gasteiger partial charge in [0.1, 0.15) is 17.8 Å². The van der Waals surface area contributed by atoms with Crippen molar-refractivity contribution in [2.24, 2.45) is 0 Å². The van der Waals surface area contributed by atoms with Crippen LogP contribution >= 0.6 is 11.6 Å². The maximum Gasteiger partial charge on any atom is 0.134 e. The minimum Gasteiger partial charge on any atom is -0.275 e. The highest BCUT2D eigenvalue weighted by Crippen LogP contribution is 2.30. The molecule has 6 heteroatoms. The number of nitrogens with one attached hydrogen (secondary N) is 1. The summed E-state index contributed by atoms with van der Waals surface area (Å²) in [4.78, 5) is 7.94. The van der Waals surface area contributed by atoms with Gasteiger partial charge in [0.15, 0.2) is 0 Å². The number of hydrogen-bond acceptors (Lipinski definition) is 3. The van der Waals surface area contributed by atoms with E-state index in [1.807, 2.05) is 0 Å². The van der Waals surface area contributed by atoms with E-state index < -0.39 is 5.82 Å². The van der Waals surface area contributed by atoms with E-state index in [9.17, 15) is 4.39 Å². The molecule has 93 valence electrons. The Balaban J connectivity index is 2.15. The smallest absolute Gasteiger partial charge is 0.134 e. The van der Waals surface area contributed by atoms with Crippen LogP contribution in [0.25, 0.3) is 22.5 Å². The summed E-state index contributed by atoms with van der Waals surface area (Å²) < 4.78 is 13.9. The van der Waals surface area contributed by atoms with Gasteiger partial charge in [-0.15, -0.1) is 0 Å². The maximum atomic E-state index is 13.9. The number of rotatable bonds is 2. The molecule has 2 aromatic heterocycles. The lowest BCUT2D eigenvalue weighted by Gasteiger charge is -2.03. The highest BCUT2D eigenvalue weighted by Gasteiger charge is 2.15. The van der Waals surface area contributed by atoms with Gasteiger partial charge in [0.25, 0.3) is 0 Å². The predicted molar refractivity (Wildman–Crippen MR) is 68.9 cm³/mol. The van der Waals surface area contributed by atoms with Crippen molar-refractivity contribution in [1.82, 2.24) is 20.2 Å². The van der Waals surface area contributed by atoms with E-state index in [0.29, 0.717) is 27.5 Å². The lowest BCUT2D eigenvalue weighted by atomic mass is 10.1. The van der Waals surface area contributed by atoms with Crippen LogP contribution in [-0.4, -0.2) is 20.2 Å². The number of halogens is 2. The number of hydrogen-bond donors (Lipinski definition) is 1. The van der Waals surface area contributed by atoms with Gasteiger partial charge in [0, 0.05) is 16.8 Å². The molecule has 1 N–H and O–H groups in total. The lowest BCUT2D eigenvalue weighted by Crippen LogP contribution is -1.89. The van der Waals surface area contributed by atoms with Crippen LogP contribution in [0.3, 0.4) is 0 Å². The van der Waals surface area contributed by atoms with Crippen LogP contribution < -0.4 is 0 Å². The molecular formula is C13H7ClFN4. The molecule has 0 aliphatic carbocycles. The third kappa shape index (κ3) is 2.20. The Bertz CT molecular complexity index is 712. The number of aromatic amines is 1. The Labute approximate surface area is 113 Å². The number of aromatic nitrogens is 4. The van der Waals surface area contributed by atoms with Crippen LogP contribution in [0.2, 0.25) is 5.02 Å². The zero-order chi connectivity index (χ0) is 13.2. The number of nitrogens with zero attached hydrogens (tertiary/aromatic N) is 3. The third-order valence-electron chi connectivity index (χ3n) is 2.61. The van der Waals surface area contributed by atoms with E-state index in [4.69, 9.17) is 11.6 Å². The molecule has 0 bridgehead atoms. The average Bonchev–Trinajstić information content (AvgIpc) is 2.89. The molecule has 4 nitrogen and oxygen atoms in total. The molecule has 1 aromatic carbocycles. The zero-order valence-corrected chi connectivity index (χ0v) is 10.3. The molecule has 1 radical (unpaired) electrons. The number of H-pyrrole nitrogens is 1. The van der Waals surface area contributed by atoms with Gasteiger partial charge in [-0.3, -0.25) is 5.10 Å². The summed E-state index contributed by atoms with van der Waals surface area (Å²) in [6.07, 6.45) is 5.85. The fourth-order valence-corrected chi connectivity index (χ4v) is 1.91. The highest BCUT2D eigenvalue weighted by molar-refractivity contribution is 6.30. The van der Waals surface area contributed by atoms with Crippen molar-refractivity contribution < 1.29 is 4.39 Å². The second kappa shape index (κ2) is 4.78. The monoisotopic (exact) mass is 273 g/mol. The van der Waals surface area contributed by atoms with Gasteiger partial charge in [0.2, 0.25) is 0 Å². The first-order valence-corrected chi connectivity index (χ1v) is 5.81. The summed E-state index contributed by atoms with van der Waals surface area (Å²) in [5, 5.41) is 6.97. The molecule has 19 heavy (non-hydrogen) atoms. The quantitative estimate of drug-likeness (QED) is 0.780. The molecule has 0 aliphatic rings. The lowest BCUT2D eigenvalue weighted by molar-refractivity contribution is 0.631. The van der Waals surface area contributed by atoms with Crippen LogP contribution in [0.15, 0.2) is 36.8 Å². The molecular weight excluding hydrogens is 267 g/mol. The van der Waals surface area contributed by atoms with E-state index in [1.165, 1.54) is 12.4 Å². The van der Waals surface area contributed by atoms with Crippen molar-refractivity contribution >= 4 is 11.6 Å². The van der Waals surface area contributed by atoms with Crippen molar-refractivity contribution in [2.75, 3.05) is 0 Å². The van der Waals surface area contributed by atoms with E-state index in [-0.39, 0.29) is 0 Å². The SMILES string of the molecule is Fc1cc(Cl)ccc1-c1n[nH][c]c1-c1ccncn1. The van der Waals surface area contributed by atoms with Crippen LogP contribution in [0.4, 0.5) is 4.39 Å². The molecule has 0 amide bonds. The van der Waals surface area contributed by atoms with Crippen LogP contribution in [0.1, 0.15) is 0 Å². The fourth-order valence-electron chi connectivity index (χ4n) is 1.76. The fraction of sp³-hybridized carbons (Fsp3) is 0. The molecule has 0 fully saturated rings. The van der Waals surface area contributed by atoms with E-state index in [1.54, 1.807) is 24.4 Å².